The third-order valence-corrected chi connectivity index (χ3v) is 5.91. The van der Waals surface area contributed by atoms with Gasteiger partial charge in [-0.25, -0.2) is 13.1 Å². The highest BCUT2D eigenvalue weighted by Gasteiger charge is 2.29. The predicted molar refractivity (Wildman–Crippen MR) is 117 cm³/mol. The molecule has 0 radical (unpaired) electrons. The number of nitrogens with zero attached hydrogens (tertiary/aromatic N) is 2. The molecule has 0 bridgehead atoms. The molecule has 8 nitrogen and oxygen atoms in total. The Morgan fingerprint density at radius 3 is 2.47 bits per heavy atom. The van der Waals surface area contributed by atoms with Crippen molar-refractivity contribution in [1.29, 1.82) is 0 Å². The number of sulfonamides is 1. The Labute approximate surface area is 176 Å². The molecule has 0 atom stereocenters. The lowest BCUT2D eigenvalue weighted by Crippen LogP contribution is -2.24. The predicted octanol–water partition coefficient (Wildman–Crippen LogP) is 3.10. The van der Waals surface area contributed by atoms with Gasteiger partial charge in [0.1, 0.15) is 5.75 Å². The first-order valence-corrected chi connectivity index (χ1v) is 11.0. The summed E-state index contributed by atoms with van der Waals surface area (Å²) in [4.78, 5) is 13.0. The van der Waals surface area contributed by atoms with Gasteiger partial charge in [0.2, 0.25) is 10.0 Å². The van der Waals surface area contributed by atoms with Crippen LogP contribution in [0.25, 0.3) is 0 Å². The van der Waals surface area contributed by atoms with Crippen molar-refractivity contribution in [2.45, 2.75) is 25.7 Å². The molecule has 30 heavy (non-hydrogen) atoms. The normalized spacial score (nSPS) is 15.4. The van der Waals surface area contributed by atoms with Crippen LogP contribution in [-0.4, -0.2) is 33.2 Å². The van der Waals surface area contributed by atoms with Gasteiger partial charge in [-0.1, -0.05) is 19.1 Å². The minimum atomic E-state index is -3.56. The molecular weight excluding hydrogens is 404 g/mol. The lowest BCUT2D eigenvalue weighted by Gasteiger charge is -2.13. The second-order valence-corrected chi connectivity index (χ2v) is 8.20. The zero-order valence-corrected chi connectivity index (χ0v) is 17.9. The van der Waals surface area contributed by atoms with Crippen molar-refractivity contribution in [3.8, 4) is 5.75 Å². The average molecular weight is 429 g/mol. The van der Waals surface area contributed by atoms with Crippen LogP contribution < -0.4 is 19.8 Å². The van der Waals surface area contributed by atoms with Crippen LogP contribution in [0.3, 0.4) is 0 Å². The molecule has 0 saturated heterocycles. The lowest BCUT2D eigenvalue weighted by atomic mass is 10.2. The van der Waals surface area contributed by atoms with Crippen LogP contribution in [0.1, 0.15) is 20.8 Å². The number of carbonyl (C=O) groups excluding carboxylic acids is 1. The summed E-state index contributed by atoms with van der Waals surface area (Å²) in [5, 5.41) is 8.68. The SMILES string of the molecule is CCNS(=O)(=O)c1ccc(N2N=C(C)/C(=C/Nc3ccccc3OCC)C2=O)cc1. The standard InChI is InChI=1S/C21H24N4O4S/c1-4-23-30(27,28)17-12-10-16(11-13-17)25-21(26)18(15(3)24-25)14-22-19-8-6-7-9-20(19)29-5-2/h6-14,22-23H,4-5H2,1-3H3/b18-14-. The average Bonchev–Trinajstić information content (AvgIpc) is 3.01. The number of hydrogen-bond donors (Lipinski definition) is 2. The van der Waals surface area contributed by atoms with Crippen molar-refractivity contribution in [3.05, 3.63) is 60.3 Å². The first kappa shape index (κ1) is 21.5. The van der Waals surface area contributed by atoms with Crippen molar-refractivity contribution in [3.63, 3.8) is 0 Å². The minimum Gasteiger partial charge on any atom is -0.492 e. The van der Waals surface area contributed by atoms with Crippen LogP contribution in [0.15, 0.2) is 70.3 Å². The van der Waals surface area contributed by atoms with E-state index in [1.54, 1.807) is 32.2 Å². The Kier molecular flexibility index (Phi) is 6.53. The van der Waals surface area contributed by atoms with Crippen LogP contribution in [0.5, 0.6) is 5.75 Å². The smallest absolute Gasteiger partial charge is 0.282 e. The maximum absolute atomic E-state index is 12.9. The van der Waals surface area contributed by atoms with Crippen LogP contribution in [-0.2, 0) is 14.8 Å². The zero-order chi connectivity index (χ0) is 21.7. The number of ether oxygens (including phenoxy) is 1. The van der Waals surface area contributed by atoms with Crippen molar-refractivity contribution in [2.24, 2.45) is 5.10 Å². The van der Waals surface area contributed by atoms with Gasteiger partial charge < -0.3 is 10.1 Å². The maximum atomic E-state index is 12.9. The summed E-state index contributed by atoms with van der Waals surface area (Å²) >= 11 is 0. The summed E-state index contributed by atoms with van der Waals surface area (Å²) in [6, 6.07) is 13.5. The van der Waals surface area contributed by atoms with Crippen molar-refractivity contribution < 1.29 is 17.9 Å². The number of nitrogens with one attached hydrogen (secondary N) is 2. The molecule has 2 aromatic rings. The fraction of sp³-hybridized carbons (Fsp3) is 0.238. The number of hydrazone groups is 1. The summed E-state index contributed by atoms with van der Waals surface area (Å²) in [7, 11) is -3.56. The van der Waals surface area contributed by atoms with Crippen molar-refractivity contribution in [1.82, 2.24) is 4.72 Å². The quantitative estimate of drug-likeness (QED) is 0.630. The Morgan fingerprint density at radius 1 is 1.10 bits per heavy atom. The van der Waals surface area contributed by atoms with Gasteiger partial charge >= 0.3 is 0 Å². The summed E-state index contributed by atoms with van der Waals surface area (Å²) in [5.41, 5.74) is 2.17. The maximum Gasteiger partial charge on any atom is 0.282 e. The van der Waals surface area contributed by atoms with E-state index < -0.39 is 10.0 Å². The molecule has 1 aliphatic heterocycles. The molecule has 0 spiro atoms. The largest absolute Gasteiger partial charge is 0.492 e. The summed E-state index contributed by atoms with van der Waals surface area (Å²) in [6.45, 7) is 6.18. The molecule has 1 heterocycles. The van der Waals surface area contributed by atoms with E-state index in [0.717, 1.165) is 5.69 Å². The van der Waals surface area contributed by atoms with Crippen molar-refractivity contribution in [2.75, 3.05) is 23.5 Å². The second kappa shape index (κ2) is 9.10. The Hall–Kier alpha value is -3.17. The molecule has 3 rings (SSSR count). The number of hydrogen-bond acceptors (Lipinski definition) is 6. The first-order chi connectivity index (χ1) is 14.4. The minimum absolute atomic E-state index is 0.130. The third-order valence-electron chi connectivity index (χ3n) is 4.35. The van der Waals surface area contributed by atoms with E-state index >= 15 is 0 Å². The monoisotopic (exact) mass is 428 g/mol. The van der Waals surface area contributed by atoms with Gasteiger partial charge in [0.25, 0.3) is 5.91 Å². The number of para-hydroxylation sites is 2. The Morgan fingerprint density at radius 2 is 1.80 bits per heavy atom. The van der Waals surface area contributed by atoms with Gasteiger partial charge in [-0.05, 0) is 50.2 Å². The van der Waals surface area contributed by atoms with E-state index in [9.17, 15) is 13.2 Å². The topological polar surface area (TPSA) is 100 Å². The van der Waals surface area contributed by atoms with Crippen molar-refractivity contribution >= 4 is 33.0 Å². The van der Waals surface area contributed by atoms with Crippen LogP contribution in [0, 0.1) is 0 Å². The highest BCUT2D eigenvalue weighted by atomic mass is 32.2. The molecule has 0 aliphatic carbocycles. The van der Waals surface area contributed by atoms with Crippen LogP contribution in [0.4, 0.5) is 11.4 Å². The molecule has 1 aliphatic rings. The van der Waals surface area contributed by atoms with E-state index in [1.165, 1.54) is 17.1 Å². The number of rotatable bonds is 8. The molecule has 2 N–H and O–H groups in total. The van der Waals surface area contributed by atoms with Gasteiger partial charge in [0.15, 0.2) is 0 Å². The van der Waals surface area contributed by atoms with Gasteiger partial charge in [-0.15, -0.1) is 0 Å². The van der Waals surface area contributed by atoms with E-state index in [1.807, 2.05) is 31.2 Å². The number of amides is 1. The molecular formula is C21H24N4O4S. The third kappa shape index (κ3) is 4.52. The molecule has 158 valence electrons. The van der Waals surface area contributed by atoms with E-state index in [-0.39, 0.29) is 10.8 Å². The fourth-order valence-corrected chi connectivity index (χ4v) is 3.96. The number of anilines is 2. The van der Waals surface area contributed by atoms with Gasteiger partial charge in [-0.3, -0.25) is 4.79 Å². The zero-order valence-electron chi connectivity index (χ0n) is 17.0. The number of carbonyl (C=O) groups is 1. The molecule has 0 saturated carbocycles. The molecule has 2 aromatic carbocycles. The molecule has 0 fully saturated rings. The lowest BCUT2D eigenvalue weighted by molar-refractivity contribution is -0.114. The van der Waals surface area contributed by atoms with Gasteiger partial charge in [0, 0.05) is 12.7 Å². The van der Waals surface area contributed by atoms with Crippen LogP contribution in [0.2, 0.25) is 0 Å². The molecule has 1 amide bonds. The fourth-order valence-electron chi connectivity index (χ4n) is 2.92. The Bertz CT molecular complexity index is 1090. The highest BCUT2D eigenvalue weighted by molar-refractivity contribution is 7.89. The van der Waals surface area contributed by atoms with E-state index in [0.29, 0.717) is 35.9 Å². The highest BCUT2D eigenvalue weighted by Crippen LogP contribution is 2.27. The number of benzene rings is 2. The summed E-state index contributed by atoms with van der Waals surface area (Å²) in [6.07, 6.45) is 1.60. The van der Waals surface area contributed by atoms with E-state index in [2.05, 4.69) is 15.1 Å². The van der Waals surface area contributed by atoms with E-state index in [4.69, 9.17) is 4.74 Å². The summed E-state index contributed by atoms with van der Waals surface area (Å²) < 4.78 is 32.2. The second-order valence-electron chi connectivity index (χ2n) is 6.43. The van der Waals surface area contributed by atoms with Gasteiger partial charge in [0.05, 0.1) is 34.2 Å². The van der Waals surface area contributed by atoms with Gasteiger partial charge in [-0.2, -0.15) is 10.1 Å². The molecule has 0 unspecified atom stereocenters. The molecule has 9 heteroatoms. The first-order valence-electron chi connectivity index (χ1n) is 9.55. The molecule has 0 aromatic heterocycles. The Balaban J connectivity index is 1.80. The summed E-state index contributed by atoms with van der Waals surface area (Å²) in [5.74, 6) is 0.377. The van der Waals surface area contributed by atoms with Crippen LogP contribution >= 0.6 is 0 Å².